The fourth-order valence-corrected chi connectivity index (χ4v) is 2.99. The zero-order valence-electron chi connectivity index (χ0n) is 12.6. The molecule has 2 aromatic heterocycles. The number of carbonyl (C=O) groups is 1. The second kappa shape index (κ2) is 6.34. The van der Waals surface area contributed by atoms with E-state index in [1.807, 2.05) is 49.9 Å². The van der Waals surface area contributed by atoms with E-state index in [-0.39, 0.29) is 5.97 Å². The number of nitrogens with zero attached hydrogens (tertiary/aromatic N) is 1. The van der Waals surface area contributed by atoms with Crippen LogP contribution in [0, 0.1) is 0 Å². The minimum Gasteiger partial charge on any atom is -0.422 e. The van der Waals surface area contributed by atoms with E-state index in [0.29, 0.717) is 10.6 Å². The van der Waals surface area contributed by atoms with Gasteiger partial charge in [0.05, 0.1) is 0 Å². The number of thiophene rings is 1. The highest BCUT2D eigenvalue weighted by Gasteiger charge is 2.15. The molecule has 0 radical (unpaired) electrons. The minimum absolute atomic E-state index is 0.303. The number of rotatable bonds is 5. The fourth-order valence-electron chi connectivity index (χ4n) is 2.39. The largest absolute Gasteiger partial charge is 0.422 e. The Morgan fingerprint density at radius 1 is 1.27 bits per heavy atom. The number of hydrogen-bond acceptors (Lipinski definition) is 4. The molecule has 2 heterocycles. The Balaban J connectivity index is 1.91. The molecule has 4 nitrogen and oxygen atoms in total. The van der Waals surface area contributed by atoms with E-state index in [1.165, 1.54) is 16.9 Å². The summed E-state index contributed by atoms with van der Waals surface area (Å²) in [5.74, 6) is 0.313. The van der Waals surface area contributed by atoms with Crippen molar-refractivity contribution in [2.24, 2.45) is 0 Å². The van der Waals surface area contributed by atoms with Crippen molar-refractivity contribution >= 4 is 28.2 Å². The van der Waals surface area contributed by atoms with Crippen LogP contribution in [-0.2, 0) is 6.42 Å². The lowest BCUT2D eigenvalue weighted by Gasteiger charge is -2.10. The summed E-state index contributed by atoms with van der Waals surface area (Å²) in [6.45, 7) is 0.945. The summed E-state index contributed by atoms with van der Waals surface area (Å²) in [6, 6.07) is 9.36. The third kappa shape index (κ3) is 3.05. The number of H-pyrrole nitrogens is 1. The van der Waals surface area contributed by atoms with Crippen LogP contribution in [0.3, 0.4) is 0 Å². The molecule has 1 N–H and O–H groups in total. The summed E-state index contributed by atoms with van der Waals surface area (Å²) in [6.07, 6.45) is 2.90. The lowest BCUT2D eigenvalue weighted by atomic mass is 10.1. The van der Waals surface area contributed by atoms with Crippen LogP contribution < -0.4 is 4.74 Å². The molecule has 0 amide bonds. The first-order valence-electron chi connectivity index (χ1n) is 7.14. The molecule has 0 saturated carbocycles. The zero-order chi connectivity index (χ0) is 15.5. The number of hydrogen-bond donors (Lipinski definition) is 1. The third-order valence-electron chi connectivity index (χ3n) is 3.50. The molecule has 22 heavy (non-hydrogen) atoms. The van der Waals surface area contributed by atoms with Crippen molar-refractivity contribution in [2.75, 3.05) is 20.6 Å². The Morgan fingerprint density at radius 2 is 2.14 bits per heavy atom. The summed E-state index contributed by atoms with van der Waals surface area (Å²) in [5, 5.41) is 2.87. The Hall–Kier alpha value is -2.11. The highest BCUT2D eigenvalue weighted by molar-refractivity contribution is 7.12. The van der Waals surface area contributed by atoms with Crippen LogP contribution in [0.15, 0.2) is 41.9 Å². The van der Waals surface area contributed by atoms with Crippen LogP contribution in [0.5, 0.6) is 5.75 Å². The zero-order valence-corrected chi connectivity index (χ0v) is 13.4. The van der Waals surface area contributed by atoms with Crippen LogP contribution >= 0.6 is 11.3 Å². The number of fused-ring (bicyclic) bond motifs is 1. The van der Waals surface area contributed by atoms with Gasteiger partial charge in [-0.1, -0.05) is 12.1 Å². The molecule has 114 valence electrons. The van der Waals surface area contributed by atoms with E-state index in [4.69, 9.17) is 4.74 Å². The predicted octanol–water partition coefficient (Wildman–Crippen LogP) is 3.55. The summed E-state index contributed by atoms with van der Waals surface area (Å²) >= 11 is 1.39. The van der Waals surface area contributed by atoms with Gasteiger partial charge < -0.3 is 14.6 Å². The topological polar surface area (TPSA) is 45.3 Å². The Bertz CT molecular complexity index is 775. The van der Waals surface area contributed by atoms with Gasteiger partial charge in [-0.25, -0.2) is 4.79 Å². The molecule has 0 saturated heterocycles. The van der Waals surface area contributed by atoms with Gasteiger partial charge in [-0.3, -0.25) is 0 Å². The van der Waals surface area contributed by atoms with Crippen LogP contribution in [0.1, 0.15) is 15.2 Å². The average Bonchev–Trinajstić information content (AvgIpc) is 3.15. The first-order valence-corrected chi connectivity index (χ1v) is 8.02. The maximum absolute atomic E-state index is 12.2. The van der Waals surface area contributed by atoms with Crippen molar-refractivity contribution in [1.82, 2.24) is 9.88 Å². The quantitative estimate of drug-likeness (QED) is 0.578. The SMILES string of the molecule is CN(C)CCc1c[nH]c2cccc(OC(=O)c3cccs3)c12. The van der Waals surface area contributed by atoms with Gasteiger partial charge in [-0.2, -0.15) is 0 Å². The van der Waals surface area contributed by atoms with Crippen LogP contribution in [0.25, 0.3) is 10.9 Å². The van der Waals surface area contributed by atoms with Gasteiger partial charge in [0.1, 0.15) is 10.6 Å². The number of aromatic amines is 1. The molecular weight excluding hydrogens is 296 g/mol. The van der Waals surface area contributed by atoms with Crippen molar-refractivity contribution in [3.8, 4) is 5.75 Å². The summed E-state index contributed by atoms with van der Waals surface area (Å²) in [5.41, 5.74) is 2.16. The third-order valence-corrected chi connectivity index (χ3v) is 4.35. The molecule has 0 fully saturated rings. The van der Waals surface area contributed by atoms with Crippen LogP contribution in [0.4, 0.5) is 0 Å². The lowest BCUT2D eigenvalue weighted by molar-refractivity contribution is 0.0742. The highest BCUT2D eigenvalue weighted by Crippen LogP contribution is 2.30. The van der Waals surface area contributed by atoms with Gasteiger partial charge in [0, 0.05) is 23.6 Å². The average molecular weight is 314 g/mol. The molecule has 0 atom stereocenters. The highest BCUT2D eigenvalue weighted by atomic mass is 32.1. The number of aromatic nitrogens is 1. The number of benzene rings is 1. The van der Waals surface area contributed by atoms with Gasteiger partial charge in [0.25, 0.3) is 0 Å². The van der Waals surface area contributed by atoms with Crippen molar-refractivity contribution in [1.29, 1.82) is 0 Å². The maximum atomic E-state index is 12.2. The molecule has 0 bridgehead atoms. The molecule has 0 unspecified atom stereocenters. The summed E-state index contributed by atoms with van der Waals surface area (Å²) in [4.78, 5) is 18.2. The van der Waals surface area contributed by atoms with E-state index in [0.717, 1.165) is 23.9 Å². The molecule has 0 aliphatic rings. The standard InChI is InChI=1S/C17H18N2O2S/c1-19(2)9-8-12-11-18-13-5-3-6-14(16(12)13)21-17(20)15-7-4-10-22-15/h3-7,10-11,18H,8-9H2,1-2H3. The van der Waals surface area contributed by atoms with Crippen LogP contribution in [-0.4, -0.2) is 36.5 Å². The van der Waals surface area contributed by atoms with E-state index in [9.17, 15) is 4.79 Å². The Labute approximate surface area is 133 Å². The Morgan fingerprint density at radius 3 is 2.86 bits per heavy atom. The molecule has 1 aromatic carbocycles. The van der Waals surface area contributed by atoms with E-state index in [1.54, 1.807) is 6.07 Å². The number of likely N-dealkylation sites (N-methyl/N-ethyl adjacent to an activating group) is 1. The van der Waals surface area contributed by atoms with Crippen molar-refractivity contribution in [3.63, 3.8) is 0 Å². The van der Waals surface area contributed by atoms with E-state index >= 15 is 0 Å². The van der Waals surface area contributed by atoms with Crippen molar-refractivity contribution < 1.29 is 9.53 Å². The lowest BCUT2D eigenvalue weighted by Crippen LogP contribution is -2.15. The van der Waals surface area contributed by atoms with Gasteiger partial charge in [0.15, 0.2) is 0 Å². The molecule has 3 aromatic rings. The first-order chi connectivity index (χ1) is 10.6. The fraction of sp³-hybridized carbons (Fsp3) is 0.235. The Kier molecular flexibility index (Phi) is 4.27. The summed E-state index contributed by atoms with van der Waals surface area (Å²) in [7, 11) is 4.10. The van der Waals surface area contributed by atoms with Gasteiger partial charge >= 0.3 is 5.97 Å². The van der Waals surface area contributed by atoms with Crippen molar-refractivity contribution in [3.05, 3.63) is 52.3 Å². The molecular formula is C17H18N2O2S. The molecule has 5 heteroatoms. The van der Waals surface area contributed by atoms with Crippen molar-refractivity contribution in [2.45, 2.75) is 6.42 Å². The van der Waals surface area contributed by atoms with Gasteiger partial charge in [-0.05, 0) is 49.7 Å². The molecule has 3 rings (SSSR count). The molecule has 0 aliphatic heterocycles. The molecule has 0 aliphatic carbocycles. The first kappa shape index (κ1) is 14.8. The smallest absolute Gasteiger partial charge is 0.353 e. The number of ether oxygens (including phenoxy) is 1. The molecule has 0 spiro atoms. The van der Waals surface area contributed by atoms with Gasteiger partial charge in [0.2, 0.25) is 0 Å². The second-order valence-electron chi connectivity index (χ2n) is 5.41. The normalized spacial score (nSPS) is 11.2. The summed E-state index contributed by atoms with van der Waals surface area (Å²) < 4.78 is 5.62. The van der Waals surface area contributed by atoms with E-state index in [2.05, 4.69) is 9.88 Å². The number of nitrogens with one attached hydrogen (secondary N) is 1. The predicted molar refractivity (Wildman–Crippen MR) is 89.8 cm³/mol. The number of carbonyl (C=O) groups excluding carboxylic acids is 1. The van der Waals surface area contributed by atoms with E-state index < -0.39 is 0 Å². The number of esters is 1. The van der Waals surface area contributed by atoms with Crippen LogP contribution in [0.2, 0.25) is 0 Å². The maximum Gasteiger partial charge on any atom is 0.353 e. The van der Waals surface area contributed by atoms with Gasteiger partial charge in [-0.15, -0.1) is 11.3 Å². The minimum atomic E-state index is -0.303. The second-order valence-corrected chi connectivity index (χ2v) is 6.36. The monoisotopic (exact) mass is 314 g/mol.